The molecule has 0 radical (unpaired) electrons. The molecule has 3 heteroatoms. The number of pyridine rings is 1. The summed E-state index contributed by atoms with van der Waals surface area (Å²) in [7, 11) is 0. The van der Waals surface area contributed by atoms with Crippen molar-refractivity contribution >= 4 is 0 Å². The lowest BCUT2D eigenvalue weighted by molar-refractivity contribution is -0.0597. The largest absolute Gasteiger partial charge is 0.385 e. The van der Waals surface area contributed by atoms with Crippen molar-refractivity contribution in [3.05, 3.63) is 66.0 Å². The molecular weight excluding hydrogens is 272 g/mol. The Hall–Kier alpha value is -1.71. The average Bonchev–Trinajstić information content (AvgIpc) is 2.81. The minimum Gasteiger partial charge on any atom is -0.385 e. The summed E-state index contributed by atoms with van der Waals surface area (Å²) in [5.74, 6) is 0. The van der Waals surface area contributed by atoms with E-state index in [1.165, 1.54) is 18.4 Å². The van der Waals surface area contributed by atoms with E-state index in [9.17, 15) is 5.11 Å². The smallest absolute Gasteiger partial charge is 0.0941 e. The lowest BCUT2D eigenvalue weighted by Gasteiger charge is -2.44. The van der Waals surface area contributed by atoms with Crippen LogP contribution in [-0.4, -0.2) is 27.1 Å². The van der Waals surface area contributed by atoms with Crippen LogP contribution >= 0.6 is 0 Å². The van der Waals surface area contributed by atoms with E-state index in [1.807, 2.05) is 18.3 Å². The van der Waals surface area contributed by atoms with Crippen molar-refractivity contribution in [1.29, 1.82) is 0 Å². The first-order chi connectivity index (χ1) is 10.7. The normalized spacial score (nSPS) is 31.3. The lowest BCUT2D eigenvalue weighted by atomic mass is 9.81. The van der Waals surface area contributed by atoms with Crippen LogP contribution in [0.3, 0.4) is 0 Å². The average molecular weight is 294 g/mol. The quantitative estimate of drug-likeness (QED) is 0.945. The molecule has 114 valence electrons. The van der Waals surface area contributed by atoms with Gasteiger partial charge in [-0.05, 0) is 37.3 Å². The van der Waals surface area contributed by atoms with Crippen molar-refractivity contribution in [2.75, 3.05) is 0 Å². The van der Waals surface area contributed by atoms with Gasteiger partial charge in [0, 0.05) is 36.6 Å². The summed E-state index contributed by atoms with van der Waals surface area (Å²) in [5, 5.41) is 11.1. The summed E-state index contributed by atoms with van der Waals surface area (Å²) >= 11 is 0. The maximum absolute atomic E-state index is 11.1. The number of benzene rings is 1. The van der Waals surface area contributed by atoms with E-state index in [4.69, 9.17) is 0 Å². The van der Waals surface area contributed by atoms with Crippen LogP contribution in [-0.2, 0) is 12.1 Å². The van der Waals surface area contributed by atoms with E-state index in [2.05, 4.69) is 40.2 Å². The van der Waals surface area contributed by atoms with E-state index in [1.54, 1.807) is 6.20 Å². The third-order valence-corrected chi connectivity index (χ3v) is 5.32. The number of aromatic nitrogens is 1. The summed E-state index contributed by atoms with van der Waals surface area (Å²) in [5.41, 5.74) is 1.64. The molecule has 2 bridgehead atoms. The summed E-state index contributed by atoms with van der Waals surface area (Å²) in [6, 6.07) is 15.6. The topological polar surface area (TPSA) is 36.4 Å². The molecule has 0 spiro atoms. The van der Waals surface area contributed by atoms with Crippen LogP contribution in [0.2, 0.25) is 0 Å². The number of rotatable bonds is 3. The monoisotopic (exact) mass is 294 g/mol. The Morgan fingerprint density at radius 2 is 1.77 bits per heavy atom. The second kappa shape index (κ2) is 5.49. The Balaban J connectivity index is 1.55. The fourth-order valence-corrected chi connectivity index (χ4v) is 4.24. The molecule has 0 aliphatic carbocycles. The highest BCUT2D eigenvalue weighted by Gasteiger charge is 2.48. The van der Waals surface area contributed by atoms with Gasteiger partial charge in [-0.3, -0.25) is 9.88 Å². The molecule has 2 aliphatic rings. The molecule has 2 fully saturated rings. The van der Waals surface area contributed by atoms with E-state index >= 15 is 0 Å². The highest BCUT2D eigenvalue weighted by molar-refractivity contribution is 5.22. The summed E-state index contributed by atoms with van der Waals surface area (Å²) in [4.78, 5) is 6.79. The van der Waals surface area contributed by atoms with E-state index in [0.29, 0.717) is 12.1 Å². The van der Waals surface area contributed by atoms with Gasteiger partial charge in [0.05, 0.1) is 5.60 Å². The van der Waals surface area contributed by atoms with Crippen LogP contribution < -0.4 is 0 Å². The fourth-order valence-electron chi connectivity index (χ4n) is 4.24. The maximum atomic E-state index is 11.1. The summed E-state index contributed by atoms with van der Waals surface area (Å²) in [6.45, 7) is 0.999. The number of nitrogens with zero attached hydrogens (tertiary/aromatic N) is 2. The SMILES string of the molecule is OC1(c2cccnc2)CC2CCC(C1)N2Cc1ccccc1. The van der Waals surface area contributed by atoms with E-state index in [0.717, 1.165) is 24.9 Å². The van der Waals surface area contributed by atoms with Crippen LogP contribution in [0.25, 0.3) is 0 Å². The Morgan fingerprint density at radius 1 is 1.05 bits per heavy atom. The van der Waals surface area contributed by atoms with Crippen molar-refractivity contribution in [3.63, 3.8) is 0 Å². The predicted octanol–water partition coefficient (Wildman–Crippen LogP) is 3.10. The van der Waals surface area contributed by atoms with Gasteiger partial charge in [-0.25, -0.2) is 0 Å². The Labute approximate surface area is 131 Å². The molecule has 3 nitrogen and oxygen atoms in total. The minimum atomic E-state index is -0.701. The third-order valence-electron chi connectivity index (χ3n) is 5.32. The second-order valence-corrected chi connectivity index (χ2v) is 6.72. The van der Waals surface area contributed by atoms with Gasteiger partial charge < -0.3 is 5.11 Å². The molecule has 0 amide bonds. The van der Waals surface area contributed by atoms with Crippen LogP contribution in [0.15, 0.2) is 54.9 Å². The van der Waals surface area contributed by atoms with Crippen molar-refractivity contribution in [1.82, 2.24) is 9.88 Å². The standard InChI is InChI=1S/C19H22N2O/c22-19(16-7-4-10-20-13-16)11-17-8-9-18(12-19)21(17)14-15-5-2-1-3-6-15/h1-7,10,13,17-18,22H,8-9,11-12,14H2. The van der Waals surface area contributed by atoms with Gasteiger partial charge in [0.25, 0.3) is 0 Å². The van der Waals surface area contributed by atoms with Crippen molar-refractivity contribution < 1.29 is 5.11 Å². The maximum Gasteiger partial charge on any atom is 0.0941 e. The Kier molecular flexibility index (Phi) is 3.47. The number of hydrogen-bond donors (Lipinski definition) is 1. The Morgan fingerprint density at radius 3 is 2.41 bits per heavy atom. The highest BCUT2D eigenvalue weighted by atomic mass is 16.3. The summed E-state index contributed by atoms with van der Waals surface area (Å²) < 4.78 is 0. The van der Waals surface area contributed by atoms with Crippen LogP contribution in [0.1, 0.15) is 36.8 Å². The molecule has 0 saturated carbocycles. The molecule has 1 aromatic carbocycles. The van der Waals surface area contributed by atoms with Crippen LogP contribution in [0.5, 0.6) is 0 Å². The summed E-state index contributed by atoms with van der Waals surface area (Å²) in [6.07, 6.45) is 7.63. The van der Waals surface area contributed by atoms with Gasteiger partial charge in [0.15, 0.2) is 0 Å². The fraction of sp³-hybridized carbons (Fsp3) is 0.421. The molecule has 1 N–H and O–H groups in total. The lowest BCUT2D eigenvalue weighted by Crippen LogP contribution is -2.49. The predicted molar refractivity (Wildman–Crippen MR) is 86.2 cm³/mol. The molecule has 2 aliphatic heterocycles. The van der Waals surface area contributed by atoms with Gasteiger partial charge in [0.2, 0.25) is 0 Å². The van der Waals surface area contributed by atoms with E-state index < -0.39 is 5.60 Å². The first kappa shape index (κ1) is 13.9. The van der Waals surface area contributed by atoms with Crippen LogP contribution in [0, 0.1) is 0 Å². The first-order valence-corrected chi connectivity index (χ1v) is 8.17. The molecular formula is C19H22N2O. The van der Waals surface area contributed by atoms with Crippen molar-refractivity contribution in [2.45, 2.75) is 49.9 Å². The molecule has 2 unspecified atom stereocenters. The second-order valence-electron chi connectivity index (χ2n) is 6.72. The molecule has 22 heavy (non-hydrogen) atoms. The van der Waals surface area contributed by atoms with Gasteiger partial charge in [-0.2, -0.15) is 0 Å². The molecule has 1 aromatic heterocycles. The number of piperidine rings is 1. The molecule has 4 rings (SSSR count). The van der Waals surface area contributed by atoms with E-state index in [-0.39, 0.29) is 0 Å². The third kappa shape index (κ3) is 2.44. The molecule has 2 saturated heterocycles. The zero-order valence-corrected chi connectivity index (χ0v) is 12.7. The molecule has 2 atom stereocenters. The number of hydrogen-bond acceptors (Lipinski definition) is 3. The number of aliphatic hydroxyl groups is 1. The van der Waals surface area contributed by atoms with Crippen molar-refractivity contribution in [3.8, 4) is 0 Å². The van der Waals surface area contributed by atoms with Crippen LogP contribution in [0.4, 0.5) is 0 Å². The molecule has 2 aromatic rings. The zero-order chi connectivity index (χ0) is 15.0. The van der Waals surface area contributed by atoms with Gasteiger partial charge >= 0.3 is 0 Å². The van der Waals surface area contributed by atoms with Gasteiger partial charge in [0.1, 0.15) is 0 Å². The molecule has 3 heterocycles. The number of fused-ring (bicyclic) bond motifs is 2. The highest BCUT2D eigenvalue weighted by Crippen LogP contribution is 2.45. The van der Waals surface area contributed by atoms with Crippen molar-refractivity contribution in [2.24, 2.45) is 0 Å². The first-order valence-electron chi connectivity index (χ1n) is 8.17. The van der Waals surface area contributed by atoms with Gasteiger partial charge in [-0.15, -0.1) is 0 Å². The Bertz CT molecular complexity index is 614. The zero-order valence-electron chi connectivity index (χ0n) is 12.7. The minimum absolute atomic E-state index is 0.476. The van der Waals surface area contributed by atoms with Gasteiger partial charge in [-0.1, -0.05) is 36.4 Å².